The molecule has 2 atom stereocenters. The lowest BCUT2D eigenvalue weighted by Gasteiger charge is -2.59. The molecular weight excluding hydrogens is 413 g/mol. The van der Waals surface area contributed by atoms with Gasteiger partial charge in [-0.2, -0.15) is 18.4 Å². The first-order chi connectivity index (χ1) is 14.0. The highest BCUT2D eigenvalue weighted by Gasteiger charge is 2.58. The number of hydrogen-bond donors (Lipinski definition) is 2. The fraction of sp³-hybridized carbons (Fsp3) is 0.619. The molecule has 0 aliphatic heterocycles. The zero-order valence-corrected chi connectivity index (χ0v) is 17.8. The van der Waals surface area contributed by atoms with Crippen LogP contribution in [0, 0.1) is 28.6 Å². The third kappa shape index (κ3) is 4.00. The Labute approximate surface area is 178 Å². The Bertz CT molecular complexity index is 881. The van der Waals surface area contributed by atoms with Gasteiger partial charge in [0.15, 0.2) is 0 Å². The van der Waals surface area contributed by atoms with Crippen molar-refractivity contribution in [1.29, 1.82) is 5.26 Å². The molecule has 0 spiro atoms. The molecule has 1 aromatic rings. The minimum atomic E-state index is -4.53. The van der Waals surface area contributed by atoms with Crippen LogP contribution >= 0.6 is 12.1 Å². The molecule has 4 saturated carbocycles. The lowest BCUT2D eigenvalue weighted by atomic mass is 9.47. The maximum atomic E-state index is 13.3. The Morgan fingerprint density at radius 1 is 1.23 bits per heavy atom. The van der Waals surface area contributed by atoms with Gasteiger partial charge in [0.2, 0.25) is 0 Å². The van der Waals surface area contributed by atoms with Gasteiger partial charge in [-0.05, 0) is 82.7 Å². The second-order valence-electron chi connectivity index (χ2n) is 9.35. The van der Waals surface area contributed by atoms with Crippen molar-refractivity contribution in [1.82, 2.24) is 9.62 Å². The van der Waals surface area contributed by atoms with Crippen molar-refractivity contribution in [2.75, 3.05) is 18.8 Å². The smallest absolute Gasteiger partial charge is 0.346 e. The Hall–Kier alpha value is -1.92. The molecule has 1 amide bonds. The molecule has 5 nitrogen and oxygen atoms in total. The maximum Gasteiger partial charge on any atom is 0.416 e. The number of amides is 1. The molecule has 4 aliphatic rings. The number of carbonyl (C=O) groups excluding carboxylic acids is 1. The molecule has 4 bridgehead atoms. The summed E-state index contributed by atoms with van der Waals surface area (Å²) in [6.45, 7) is 0. The third-order valence-corrected chi connectivity index (χ3v) is 7.28. The van der Waals surface area contributed by atoms with Gasteiger partial charge in [-0.15, -0.1) is 0 Å². The minimum Gasteiger partial charge on any atom is -0.346 e. The second kappa shape index (κ2) is 7.34. The van der Waals surface area contributed by atoms with E-state index in [4.69, 9.17) is 0 Å². The molecule has 1 aromatic carbocycles. The van der Waals surface area contributed by atoms with Crippen LogP contribution in [0.1, 0.15) is 54.4 Å². The van der Waals surface area contributed by atoms with Gasteiger partial charge in [0.1, 0.15) is 0 Å². The van der Waals surface area contributed by atoms with Crippen LogP contribution in [0.4, 0.5) is 18.9 Å². The SMILES string of the molecule is CN(C)SNc1ccc(C(F)(F)F)cc1C(=O)NC12CC3CC(CC(C#N)(C3)C1)C2. The van der Waals surface area contributed by atoms with Crippen LogP contribution in [0.5, 0.6) is 0 Å². The van der Waals surface area contributed by atoms with Gasteiger partial charge in [-0.25, -0.2) is 4.31 Å². The monoisotopic (exact) mass is 438 g/mol. The number of anilines is 1. The van der Waals surface area contributed by atoms with Gasteiger partial charge < -0.3 is 10.0 Å². The molecule has 2 N–H and O–H groups in total. The lowest BCUT2D eigenvalue weighted by molar-refractivity contribution is -0.137. The van der Waals surface area contributed by atoms with E-state index in [9.17, 15) is 23.2 Å². The summed E-state index contributed by atoms with van der Waals surface area (Å²) in [5.41, 5.74) is -1.46. The number of halogens is 3. The van der Waals surface area contributed by atoms with Crippen molar-refractivity contribution < 1.29 is 18.0 Å². The summed E-state index contributed by atoms with van der Waals surface area (Å²) in [5, 5.41) is 12.9. The fourth-order valence-electron chi connectivity index (χ4n) is 5.99. The average Bonchev–Trinajstić information content (AvgIpc) is 2.64. The lowest BCUT2D eigenvalue weighted by Crippen LogP contribution is -2.62. The molecule has 30 heavy (non-hydrogen) atoms. The van der Waals surface area contributed by atoms with Crippen LogP contribution in [0.3, 0.4) is 0 Å². The summed E-state index contributed by atoms with van der Waals surface area (Å²) >= 11 is 1.18. The van der Waals surface area contributed by atoms with Crippen molar-refractivity contribution in [3.8, 4) is 6.07 Å². The van der Waals surface area contributed by atoms with Crippen LogP contribution < -0.4 is 10.0 Å². The quantitative estimate of drug-likeness (QED) is 0.645. The summed E-state index contributed by atoms with van der Waals surface area (Å²) in [4.78, 5) is 13.2. The largest absolute Gasteiger partial charge is 0.416 e. The summed E-state index contributed by atoms with van der Waals surface area (Å²) in [6, 6.07) is 5.68. The number of nitrogens with one attached hydrogen (secondary N) is 2. The highest BCUT2D eigenvalue weighted by molar-refractivity contribution is 7.98. The summed E-state index contributed by atoms with van der Waals surface area (Å²) in [7, 11) is 3.58. The Kier molecular flexibility index (Phi) is 5.22. The number of hydrogen-bond acceptors (Lipinski definition) is 5. The van der Waals surface area contributed by atoms with Gasteiger partial charge in [-0.1, -0.05) is 0 Å². The van der Waals surface area contributed by atoms with Crippen molar-refractivity contribution in [3.63, 3.8) is 0 Å². The molecule has 162 valence electrons. The molecule has 0 saturated heterocycles. The highest BCUT2D eigenvalue weighted by Crippen LogP contribution is 2.61. The highest BCUT2D eigenvalue weighted by atomic mass is 32.2. The molecule has 4 fully saturated rings. The van der Waals surface area contributed by atoms with Crippen molar-refractivity contribution in [2.24, 2.45) is 17.3 Å². The normalized spacial score (nSPS) is 32.2. The van der Waals surface area contributed by atoms with Gasteiger partial charge in [0, 0.05) is 17.7 Å². The molecule has 2 unspecified atom stereocenters. The summed E-state index contributed by atoms with van der Waals surface area (Å²) in [6.07, 6.45) is 0.467. The van der Waals surface area contributed by atoms with Crippen molar-refractivity contribution in [2.45, 2.75) is 50.2 Å². The number of benzene rings is 1. The van der Waals surface area contributed by atoms with Crippen LogP contribution in [0.2, 0.25) is 0 Å². The molecule has 9 heteroatoms. The Morgan fingerprint density at radius 2 is 1.90 bits per heavy atom. The Morgan fingerprint density at radius 3 is 2.47 bits per heavy atom. The van der Waals surface area contributed by atoms with Crippen LogP contribution in [0.15, 0.2) is 18.2 Å². The fourth-order valence-corrected chi connectivity index (χ4v) is 6.44. The van der Waals surface area contributed by atoms with E-state index in [1.165, 1.54) is 18.2 Å². The van der Waals surface area contributed by atoms with Gasteiger partial charge in [-0.3, -0.25) is 4.79 Å². The zero-order chi connectivity index (χ0) is 21.7. The molecule has 0 radical (unpaired) electrons. The van der Waals surface area contributed by atoms with E-state index in [-0.39, 0.29) is 5.56 Å². The number of nitriles is 1. The van der Waals surface area contributed by atoms with E-state index < -0.39 is 28.6 Å². The topological polar surface area (TPSA) is 68.2 Å². The number of alkyl halides is 3. The first kappa shape index (κ1) is 21.3. The number of carbonyl (C=O) groups is 1. The van der Waals surface area contributed by atoms with Gasteiger partial charge >= 0.3 is 6.18 Å². The van der Waals surface area contributed by atoms with Crippen LogP contribution in [0.25, 0.3) is 0 Å². The van der Waals surface area contributed by atoms with E-state index in [2.05, 4.69) is 16.1 Å². The molecule has 4 aliphatic carbocycles. The number of rotatable bonds is 5. The molecule has 5 rings (SSSR count). The molecule has 0 heterocycles. The van der Waals surface area contributed by atoms with Crippen LogP contribution in [-0.2, 0) is 6.18 Å². The van der Waals surface area contributed by atoms with Gasteiger partial charge in [0.05, 0.1) is 28.3 Å². The number of nitrogens with zero attached hydrogens (tertiary/aromatic N) is 2. The predicted octanol–water partition coefficient (Wildman–Crippen LogP) is 4.83. The first-order valence-electron chi connectivity index (χ1n) is 10.1. The molecule has 0 aromatic heterocycles. The van der Waals surface area contributed by atoms with E-state index in [1.54, 1.807) is 18.4 Å². The first-order valence-corrected chi connectivity index (χ1v) is 10.9. The maximum absolute atomic E-state index is 13.3. The Balaban J connectivity index is 1.63. The van der Waals surface area contributed by atoms with Gasteiger partial charge in [0.25, 0.3) is 5.91 Å². The summed E-state index contributed by atoms with van der Waals surface area (Å²) < 4.78 is 44.6. The van der Waals surface area contributed by atoms with E-state index in [0.717, 1.165) is 44.2 Å². The van der Waals surface area contributed by atoms with Crippen molar-refractivity contribution in [3.05, 3.63) is 29.3 Å². The summed E-state index contributed by atoms with van der Waals surface area (Å²) in [5.74, 6) is 0.280. The predicted molar refractivity (Wildman–Crippen MR) is 109 cm³/mol. The second-order valence-corrected chi connectivity index (χ2v) is 10.5. The standard InChI is InChI=1S/C21H25F3N4OS/c1-28(2)30-27-17-4-3-15(21(22,23)24)6-16(17)18(29)26-20-9-13-5-14(10-20)8-19(7-13,11-20)12-25/h3-4,6,13-14,27H,5,7-11H2,1-2H3,(H,26,29). The molecular formula is C21H25F3N4OS. The van der Waals surface area contributed by atoms with Crippen molar-refractivity contribution >= 4 is 23.7 Å². The van der Waals surface area contributed by atoms with E-state index in [1.807, 2.05) is 0 Å². The third-order valence-electron chi connectivity index (χ3n) is 6.61. The minimum absolute atomic E-state index is 0.0269. The average molecular weight is 439 g/mol. The van der Waals surface area contributed by atoms with E-state index >= 15 is 0 Å². The zero-order valence-electron chi connectivity index (χ0n) is 17.0. The van der Waals surface area contributed by atoms with E-state index in [0.29, 0.717) is 23.9 Å². The van der Waals surface area contributed by atoms with Crippen LogP contribution in [-0.4, -0.2) is 29.8 Å².